The molecule has 14 heavy (non-hydrogen) atoms. The molecule has 3 rings (SSSR count). The van der Waals surface area contributed by atoms with Gasteiger partial charge in [0, 0.05) is 5.56 Å². The van der Waals surface area contributed by atoms with Gasteiger partial charge in [-0.05, 0) is 12.1 Å². The third-order valence-electron chi connectivity index (χ3n) is 2.21. The maximum atomic E-state index is 11.2. The minimum Gasteiger partial charge on any atom is -0.386 e. The highest BCUT2D eigenvalue weighted by molar-refractivity contribution is 6.14. The van der Waals surface area contributed by atoms with E-state index in [4.69, 9.17) is 4.84 Å². The number of ether oxygens (including phenoxy) is 1. The standard InChI is InChI=1S/C9H5NO4/c11-8-5-2-1-4(7-10-14-7)3-6(5)9(12)13-8/h1-3,7,10H. The van der Waals surface area contributed by atoms with Crippen LogP contribution in [-0.2, 0) is 9.57 Å². The van der Waals surface area contributed by atoms with Gasteiger partial charge in [0.25, 0.3) is 0 Å². The van der Waals surface area contributed by atoms with Crippen LogP contribution in [0.15, 0.2) is 18.2 Å². The summed E-state index contributed by atoms with van der Waals surface area (Å²) < 4.78 is 4.45. The van der Waals surface area contributed by atoms with Gasteiger partial charge in [0.05, 0.1) is 11.1 Å². The second-order valence-corrected chi connectivity index (χ2v) is 3.10. The molecule has 0 spiro atoms. The molecule has 1 saturated heterocycles. The maximum absolute atomic E-state index is 11.2. The van der Waals surface area contributed by atoms with E-state index in [1.165, 1.54) is 0 Å². The molecule has 1 aromatic carbocycles. The fourth-order valence-corrected chi connectivity index (χ4v) is 1.44. The Labute approximate surface area is 78.6 Å². The minimum atomic E-state index is -0.590. The molecule has 1 N–H and O–H groups in total. The topological polar surface area (TPSA) is 77.8 Å². The van der Waals surface area contributed by atoms with Crippen molar-refractivity contribution in [2.24, 2.45) is 0 Å². The molecule has 0 radical (unpaired) electrons. The number of esters is 2. The fraction of sp³-hybridized carbons (Fsp3) is 0.111. The van der Waals surface area contributed by atoms with Crippen LogP contribution in [0.4, 0.5) is 0 Å². The first-order valence-corrected chi connectivity index (χ1v) is 4.07. The lowest BCUT2D eigenvalue weighted by Gasteiger charge is -1.95. The van der Waals surface area contributed by atoms with E-state index in [-0.39, 0.29) is 6.23 Å². The number of carbonyl (C=O) groups is 2. The summed E-state index contributed by atoms with van der Waals surface area (Å²) in [5.74, 6) is -1.17. The van der Waals surface area contributed by atoms with Crippen molar-refractivity contribution in [3.63, 3.8) is 0 Å². The summed E-state index contributed by atoms with van der Waals surface area (Å²) in [6.45, 7) is 0. The molecule has 0 aromatic heterocycles. The van der Waals surface area contributed by atoms with Crippen LogP contribution in [0.1, 0.15) is 32.5 Å². The van der Waals surface area contributed by atoms with E-state index in [1.807, 2.05) is 0 Å². The van der Waals surface area contributed by atoms with Gasteiger partial charge in [-0.25, -0.2) is 9.59 Å². The lowest BCUT2D eigenvalue weighted by Crippen LogP contribution is -1.97. The predicted molar refractivity (Wildman–Crippen MR) is 43.1 cm³/mol. The molecule has 2 heterocycles. The van der Waals surface area contributed by atoms with Crippen molar-refractivity contribution in [1.29, 1.82) is 0 Å². The van der Waals surface area contributed by atoms with Crippen molar-refractivity contribution in [3.05, 3.63) is 34.9 Å². The largest absolute Gasteiger partial charge is 0.386 e. The Hall–Kier alpha value is -1.72. The first-order chi connectivity index (χ1) is 6.75. The number of cyclic esters (lactones) is 2. The summed E-state index contributed by atoms with van der Waals surface area (Å²) in [7, 11) is 0. The van der Waals surface area contributed by atoms with Crippen LogP contribution >= 0.6 is 0 Å². The number of nitrogens with one attached hydrogen (secondary N) is 1. The van der Waals surface area contributed by atoms with Crippen LogP contribution in [0.5, 0.6) is 0 Å². The Morgan fingerprint density at radius 2 is 1.86 bits per heavy atom. The monoisotopic (exact) mass is 191 g/mol. The molecule has 2 aliphatic rings. The van der Waals surface area contributed by atoms with Crippen molar-refractivity contribution < 1.29 is 19.2 Å². The molecule has 1 aromatic rings. The van der Waals surface area contributed by atoms with Crippen LogP contribution in [-0.4, -0.2) is 11.9 Å². The highest BCUT2D eigenvalue weighted by Gasteiger charge is 2.32. The molecule has 70 valence electrons. The average molecular weight is 191 g/mol. The van der Waals surface area contributed by atoms with Crippen LogP contribution < -0.4 is 5.48 Å². The third-order valence-corrected chi connectivity index (χ3v) is 2.21. The number of carbonyl (C=O) groups excluding carboxylic acids is 2. The summed E-state index contributed by atoms with van der Waals surface area (Å²) in [6, 6.07) is 4.90. The van der Waals surface area contributed by atoms with Gasteiger partial charge in [0.15, 0.2) is 6.23 Å². The van der Waals surface area contributed by atoms with Crippen LogP contribution in [0, 0.1) is 0 Å². The molecule has 0 saturated carbocycles. The van der Waals surface area contributed by atoms with Gasteiger partial charge >= 0.3 is 11.9 Å². The molecular weight excluding hydrogens is 186 g/mol. The first kappa shape index (κ1) is 7.66. The van der Waals surface area contributed by atoms with Gasteiger partial charge in [-0.15, -0.1) is 0 Å². The van der Waals surface area contributed by atoms with E-state index >= 15 is 0 Å². The number of hydrogen-bond acceptors (Lipinski definition) is 5. The smallest absolute Gasteiger partial charge is 0.346 e. The lowest BCUT2D eigenvalue weighted by molar-refractivity contribution is 0.0444. The second-order valence-electron chi connectivity index (χ2n) is 3.10. The number of hydrogen-bond donors (Lipinski definition) is 1. The number of hydroxylamine groups is 1. The summed E-state index contributed by atoms with van der Waals surface area (Å²) in [5, 5.41) is 0. The second kappa shape index (κ2) is 2.40. The molecule has 1 fully saturated rings. The third kappa shape index (κ3) is 0.966. The molecule has 1 atom stereocenters. The summed E-state index contributed by atoms with van der Waals surface area (Å²) in [6.07, 6.45) is -0.163. The van der Waals surface area contributed by atoms with Crippen molar-refractivity contribution >= 4 is 11.9 Å². The zero-order chi connectivity index (χ0) is 9.71. The van der Waals surface area contributed by atoms with Gasteiger partial charge in [-0.1, -0.05) is 6.07 Å². The minimum absolute atomic E-state index is 0.163. The lowest BCUT2D eigenvalue weighted by atomic mass is 10.1. The number of rotatable bonds is 1. The van der Waals surface area contributed by atoms with E-state index in [0.717, 1.165) is 5.56 Å². The van der Waals surface area contributed by atoms with E-state index in [1.54, 1.807) is 18.2 Å². The van der Waals surface area contributed by atoms with Crippen molar-refractivity contribution in [1.82, 2.24) is 5.48 Å². The molecule has 0 bridgehead atoms. The highest BCUT2D eigenvalue weighted by atomic mass is 16.8. The van der Waals surface area contributed by atoms with Crippen molar-refractivity contribution in [2.45, 2.75) is 6.23 Å². The van der Waals surface area contributed by atoms with Crippen molar-refractivity contribution in [3.8, 4) is 0 Å². The maximum Gasteiger partial charge on any atom is 0.346 e. The van der Waals surface area contributed by atoms with Gasteiger partial charge in [0.1, 0.15) is 0 Å². The molecule has 0 aliphatic carbocycles. The van der Waals surface area contributed by atoms with Crippen LogP contribution in [0.2, 0.25) is 0 Å². The van der Waals surface area contributed by atoms with Crippen molar-refractivity contribution in [2.75, 3.05) is 0 Å². The fourth-order valence-electron chi connectivity index (χ4n) is 1.44. The molecule has 5 heteroatoms. The zero-order valence-corrected chi connectivity index (χ0v) is 6.94. The summed E-state index contributed by atoms with van der Waals surface area (Å²) in [5.41, 5.74) is 4.07. The van der Waals surface area contributed by atoms with Crippen LogP contribution in [0.3, 0.4) is 0 Å². The van der Waals surface area contributed by atoms with E-state index in [2.05, 4.69) is 10.2 Å². The highest BCUT2D eigenvalue weighted by Crippen LogP contribution is 2.28. The molecule has 5 nitrogen and oxygen atoms in total. The van der Waals surface area contributed by atoms with E-state index in [9.17, 15) is 9.59 Å². The molecule has 0 amide bonds. The van der Waals surface area contributed by atoms with Gasteiger partial charge < -0.3 is 4.74 Å². The van der Waals surface area contributed by atoms with Crippen LogP contribution in [0.25, 0.3) is 0 Å². The Morgan fingerprint density at radius 3 is 2.57 bits per heavy atom. The normalized spacial score (nSPS) is 23.3. The average Bonchev–Trinajstić information content (AvgIpc) is 2.96. The Morgan fingerprint density at radius 1 is 1.14 bits per heavy atom. The Balaban J connectivity index is 2.13. The van der Waals surface area contributed by atoms with Gasteiger partial charge in [0.2, 0.25) is 0 Å². The quantitative estimate of drug-likeness (QED) is 0.398. The van der Waals surface area contributed by atoms with E-state index in [0.29, 0.717) is 11.1 Å². The zero-order valence-electron chi connectivity index (χ0n) is 6.94. The Kier molecular flexibility index (Phi) is 1.31. The first-order valence-electron chi connectivity index (χ1n) is 4.07. The molecular formula is C9H5NO4. The van der Waals surface area contributed by atoms with E-state index < -0.39 is 11.9 Å². The summed E-state index contributed by atoms with van der Waals surface area (Å²) >= 11 is 0. The van der Waals surface area contributed by atoms with Gasteiger partial charge in [-0.3, -0.25) is 4.84 Å². The number of benzene rings is 1. The predicted octanol–water partition coefficient (Wildman–Crippen LogP) is 0.531. The summed E-state index contributed by atoms with van der Waals surface area (Å²) in [4.78, 5) is 27.1. The SMILES string of the molecule is O=C1OC(=O)c2cc(C3NO3)ccc21. The Bertz CT molecular complexity index is 450. The molecule has 1 unspecified atom stereocenters. The number of fused-ring (bicyclic) bond motifs is 1. The molecule has 2 aliphatic heterocycles. The van der Waals surface area contributed by atoms with Gasteiger partial charge in [-0.2, -0.15) is 5.48 Å².